The van der Waals surface area contributed by atoms with E-state index >= 15 is 0 Å². The zero-order valence-electron chi connectivity index (χ0n) is 11.5. The van der Waals surface area contributed by atoms with E-state index in [1.54, 1.807) is 6.07 Å². The van der Waals surface area contributed by atoms with Crippen LogP contribution in [0.1, 0.15) is 31.9 Å². The van der Waals surface area contributed by atoms with Gasteiger partial charge in [0.15, 0.2) is 0 Å². The Morgan fingerprint density at radius 2 is 2.06 bits per heavy atom. The molecule has 0 aliphatic heterocycles. The second kappa shape index (κ2) is 6.12. The fourth-order valence-corrected chi connectivity index (χ4v) is 1.81. The van der Waals surface area contributed by atoms with Crippen LogP contribution in [-0.2, 0) is 13.1 Å². The molecular weight excluding hydrogens is 227 g/mol. The SMILES string of the molecule is C=CCN(Cc1cc(CN)ccc1F)C(C)(C)C. The van der Waals surface area contributed by atoms with Crippen molar-refractivity contribution >= 4 is 0 Å². The number of nitrogens with two attached hydrogens (primary N) is 1. The Morgan fingerprint density at radius 1 is 1.39 bits per heavy atom. The lowest BCUT2D eigenvalue weighted by Gasteiger charge is -2.35. The molecule has 1 aromatic rings. The summed E-state index contributed by atoms with van der Waals surface area (Å²) in [6.07, 6.45) is 1.84. The Hall–Kier alpha value is -1.19. The molecule has 3 heteroatoms. The van der Waals surface area contributed by atoms with Crippen molar-refractivity contribution in [3.05, 3.63) is 47.8 Å². The van der Waals surface area contributed by atoms with E-state index in [1.165, 1.54) is 6.07 Å². The van der Waals surface area contributed by atoms with Gasteiger partial charge in [0, 0.05) is 30.7 Å². The summed E-state index contributed by atoms with van der Waals surface area (Å²) in [5.74, 6) is -0.175. The molecule has 0 aromatic heterocycles. The number of hydrogen-bond donors (Lipinski definition) is 1. The average molecular weight is 250 g/mol. The lowest BCUT2D eigenvalue weighted by molar-refractivity contribution is 0.143. The first-order chi connectivity index (χ1) is 8.38. The minimum Gasteiger partial charge on any atom is -0.326 e. The number of benzene rings is 1. The number of halogens is 1. The van der Waals surface area contributed by atoms with Crippen molar-refractivity contribution in [2.45, 2.75) is 39.4 Å². The van der Waals surface area contributed by atoms with E-state index < -0.39 is 0 Å². The standard InChI is InChI=1S/C15H23FN2/c1-5-8-18(15(2,3)4)11-13-9-12(10-17)6-7-14(13)16/h5-7,9H,1,8,10-11,17H2,2-4H3. The third-order valence-corrected chi connectivity index (χ3v) is 3.01. The van der Waals surface area contributed by atoms with Crippen molar-refractivity contribution in [3.8, 4) is 0 Å². The van der Waals surface area contributed by atoms with Gasteiger partial charge in [-0.3, -0.25) is 4.90 Å². The van der Waals surface area contributed by atoms with Crippen molar-refractivity contribution < 1.29 is 4.39 Å². The van der Waals surface area contributed by atoms with Gasteiger partial charge in [-0.25, -0.2) is 4.39 Å². The zero-order valence-corrected chi connectivity index (χ0v) is 11.5. The molecule has 0 heterocycles. The topological polar surface area (TPSA) is 29.3 Å². The summed E-state index contributed by atoms with van der Waals surface area (Å²) in [5, 5.41) is 0. The largest absolute Gasteiger partial charge is 0.326 e. The predicted octanol–water partition coefficient (Wildman–Crippen LogP) is 3.07. The fraction of sp³-hybridized carbons (Fsp3) is 0.467. The van der Waals surface area contributed by atoms with Crippen molar-refractivity contribution in [1.82, 2.24) is 4.90 Å². The summed E-state index contributed by atoms with van der Waals surface area (Å²) in [4.78, 5) is 2.18. The highest BCUT2D eigenvalue weighted by molar-refractivity contribution is 5.25. The zero-order chi connectivity index (χ0) is 13.8. The minimum absolute atomic E-state index is 0.0284. The highest BCUT2D eigenvalue weighted by atomic mass is 19.1. The Balaban J connectivity index is 2.96. The molecule has 0 aliphatic carbocycles. The van der Waals surface area contributed by atoms with Gasteiger partial charge >= 0.3 is 0 Å². The van der Waals surface area contributed by atoms with E-state index in [0.29, 0.717) is 18.7 Å². The first-order valence-electron chi connectivity index (χ1n) is 6.21. The highest BCUT2D eigenvalue weighted by Crippen LogP contribution is 2.19. The van der Waals surface area contributed by atoms with Gasteiger partial charge in [-0.15, -0.1) is 6.58 Å². The van der Waals surface area contributed by atoms with E-state index in [4.69, 9.17) is 5.73 Å². The van der Waals surface area contributed by atoms with Crippen molar-refractivity contribution in [2.24, 2.45) is 5.73 Å². The van der Waals surface area contributed by atoms with Crippen LogP contribution < -0.4 is 5.73 Å². The van der Waals surface area contributed by atoms with E-state index in [2.05, 4.69) is 32.3 Å². The van der Waals surface area contributed by atoms with Gasteiger partial charge in [-0.1, -0.05) is 18.2 Å². The van der Waals surface area contributed by atoms with E-state index in [-0.39, 0.29) is 11.4 Å². The van der Waals surface area contributed by atoms with Crippen LogP contribution in [0.4, 0.5) is 4.39 Å². The maximum atomic E-state index is 13.8. The van der Waals surface area contributed by atoms with Gasteiger partial charge in [-0.05, 0) is 32.4 Å². The van der Waals surface area contributed by atoms with Crippen molar-refractivity contribution in [2.75, 3.05) is 6.54 Å². The summed E-state index contributed by atoms with van der Waals surface area (Å²) < 4.78 is 13.8. The maximum Gasteiger partial charge on any atom is 0.127 e. The summed E-state index contributed by atoms with van der Waals surface area (Å²) in [5.41, 5.74) is 7.21. The van der Waals surface area contributed by atoms with Gasteiger partial charge in [0.2, 0.25) is 0 Å². The van der Waals surface area contributed by atoms with Gasteiger partial charge in [0.05, 0.1) is 0 Å². The van der Waals surface area contributed by atoms with Gasteiger partial charge in [0.1, 0.15) is 5.82 Å². The molecule has 0 unspecified atom stereocenters. The lowest BCUT2D eigenvalue weighted by atomic mass is 10.0. The molecule has 100 valence electrons. The number of hydrogen-bond acceptors (Lipinski definition) is 2. The Morgan fingerprint density at radius 3 is 2.56 bits per heavy atom. The third kappa shape index (κ3) is 3.93. The molecule has 1 aromatic carbocycles. The average Bonchev–Trinajstić information content (AvgIpc) is 2.30. The van der Waals surface area contributed by atoms with Crippen LogP contribution in [0.15, 0.2) is 30.9 Å². The molecule has 0 saturated carbocycles. The number of rotatable bonds is 5. The summed E-state index contributed by atoms with van der Waals surface area (Å²) >= 11 is 0. The normalized spacial score (nSPS) is 11.9. The molecule has 0 aliphatic rings. The van der Waals surface area contributed by atoms with Gasteiger partial charge in [0.25, 0.3) is 0 Å². The number of nitrogens with zero attached hydrogens (tertiary/aromatic N) is 1. The molecule has 0 spiro atoms. The van der Waals surface area contributed by atoms with Crippen LogP contribution in [0.3, 0.4) is 0 Å². The van der Waals surface area contributed by atoms with Crippen molar-refractivity contribution in [1.29, 1.82) is 0 Å². The molecule has 2 N–H and O–H groups in total. The van der Waals surface area contributed by atoms with Crippen LogP contribution in [-0.4, -0.2) is 17.0 Å². The molecular formula is C15H23FN2. The second-order valence-corrected chi connectivity index (χ2v) is 5.47. The molecule has 0 atom stereocenters. The molecule has 0 fully saturated rings. The smallest absolute Gasteiger partial charge is 0.127 e. The first kappa shape index (κ1) is 14.9. The van der Waals surface area contributed by atoms with E-state index in [0.717, 1.165) is 12.1 Å². The lowest BCUT2D eigenvalue weighted by Crippen LogP contribution is -2.41. The van der Waals surface area contributed by atoms with Crippen LogP contribution in [0.25, 0.3) is 0 Å². The second-order valence-electron chi connectivity index (χ2n) is 5.47. The predicted molar refractivity (Wildman–Crippen MR) is 74.7 cm³/mol. The van der Waals surface area contributed by atoms with Crippen LogP contribution >= 0.6 is 0 Å². The Labute approximate surface area is 109 Å². The molecule has 0 radical (unpaired) electrons. The molecule has 1 rings (SSSR count). The summed E-state index contributed by atoms with van der Waals surface area (Å²) in [6, 6.07) is 5.07. The van der Waals surface area contributed by atoms with E-state index in [1.807, 2.05) is 12.1 Å². The molecule has 18 heavy (non-hydrogen) atoms. The Bertz CT molecular complexity index is 407. The first-order valence-corrected chi connectivity index (χ1v) is 6.21. The van der Waals surface area contributed by atoms with Gasteiger partial charge < -0.3 is 5.73 Å². The highest BCUT2D eigenvalue weighted by Gasteiger charge is 2.21. The maximum absolute atomic E-state index is 13.8. The monoisotopic (exact) mass is 250 g/mol. The van der Waals surface area contributed by atoms with E-state index in [9.17, 15) is 4.39 Å². The van der Waals surface area contributed by atoms with Crippen LogP contribution in [0.2, 0.25) is 0 Å². The van der Waals surface area contributed by atoms with Gasteiger partial charge in [-0.2, -0.15) is 0 Å². The minimum atomic E-state index is -0.175. The molecule has 0 amide bonds. The van der Waals surface area contributed by atoms with Crippen molar-refractivity contribution in [3.63, 3.8) is 0 Å². The molecule has 0 saturated heterocycles. The quantitative estimate of drug-likeness (QED) is 0.814. The Kier molecular flexibility index (Phi) is 5.05. The fourth-order valence-electron chi connectivity index (χ4n) is 1.81. The van der Waals surface area contributed by atoms with Crippen LogP contribution in [0, 0.1) is 5.82 Å². The molecule has 0 bridgehead atoms. The summed E-state index contributed by atoms with van der Waals surface area (Å²) in [6.45, 7) is 11.8. The third-order valence-electron chi connectivity index (χ3n) is 3.01. The van der Waals surface area contributed by atoms with Crippen LogP contribution in [0.5, 0.6) is 0 Å². The molecule has 2 nitrogen and oxygen atoms in total. The summed E-state index contributed by atoms with van der Waals surface area (Å²) in [7, 11) is 0.